The van der Waals surface area contributed by atoms with Crippen molar-refractivity contribution in [3.05, 3.63) is 41.5 Å². The van der Waals surface area contributed by atoms with Crippen LogP contribution in [0.2, 0.25) is 0 Å². The van der Waals surface area contributed by atoms with Crippen molar-refractivity contribution < 1.29 is 9.90 Å². The fourth-order valence-electron chi connectivity index (χ4n) is 1.52. The van der Waals surface area contributed by atoms with Gasteiger partial charge < -0.3 is 5.11 Å². The number of aldehydes is 1. The van der Waals surface area contributed by atoms with Gasteiger partial charge >= 0.3 is 0 Å². The largest absolute Gasteiger partial charge is 0.507 e. The summed E-state index contributed by atoms with van der Waals surface area (Å²) in [5.74, 6) is -0.0620. The molecule has 72 valence electrons. The zero-order valence-corrected chi connectivity index (χ0v) is 7.77. The minimum Gasteiger partial charge on any atom is -0.507 e. The Morgan fingerprint density at radius 2 is 2.00 bits per heavy atom. The van der Waals surface area contributed by atoms with Gasteiger partial charge in [0.1, 0.15) is 23.7 Å². The average Bonchev–Trinajstić information content (AvgIpc) is 2.28. The van der Waals surface area contributed by atoms with Gasteiger partial charge in [-0.3, -0.25) is 4.79 Å². The summed E-state index contributed by atoms with van der Waals surface area (Å²) in [4.78, 5) is 10.6. The van der Waals surface area contributed by atoms with Crippen molar-refractivity contribution >= 4 is 17.1 Å². The SMILES string of the molecule is N#Cc1c(O)ccc2ccc(C=O)cc12. The number of phenolic OH excluding ortho intramolecular Hbond substituents is 1. The number of benzene rings is 2. The number of rotatable bonds is 1. The fourth-order valence-corrected chi connectivity index (χ4v) is 1.52. The van der Waals surface area contributed by atoms with Crippen molar-refractivity contribution in [1.29, 1.82) is 5.26 Å². The third-order valence-corrected chi connectivity index (χ3v) is 2.27. The van der Waals surface area contributed by atoms with Gasteiger partial charge in [0.25, 0.3) is 0 Å². The van der Waals surface area contributed by atoms with Crippen LogP contribution in [0.15, 0.2) is 30.3 Å². The standard InChI is InChI=1S/C12H7NO2/c13-6-11-10-5-8(7-14)1-2-9(10)3-4-12(11)15/h1-5,7,15H. The third-order valence-electron chi connectivity index (χ3n) is 2.27. The summed E-state index contributed by atoms with van der Waals surface area (Å²) in [5.41, 5.74) is 0.695. The zero-order valence-electron chi connectivity index (χ0n) is 7.77. The van der Waals surface area contributed by atoms with E-state index in [2.05, 4.69) is 0 Å². The molecule has 0 aromatic heterocycles. The Labute approximate surface area is 86.2 Å². The topological polar surface area (TPSA) is 61.1 Å². The van der Waals surface area contributed by atoms with E-state index in [9.17, 15) is 9.90 Å². The van der Waals surface area contributed by atoms with Crippen LogP contribution in [0, 0.1) is 11.3 Å². The lowest BCUT2D eigenvalue weighted by Gasteiger charge is -2.02. The molecule has 0 atom stereocenters. The molecule has 0 saturated heterocycles. The molecule has 0 saturated carbocycles. The van der Waals surface area contributed by atoms with E-state index in [0.717, 1.165) is 5.39 Å². The van der Waals surface area contributed by atoms with Crippen LogP contribution in [0.4, 0.5) is 0 Å². The highest BCUT2D eigenvalue weighted by Gasteiger charge is 2.06. The van der Waals surface area contributed by atoms with E-state index in [1.54, 1.807) is 24.3 Å². The van der Waals surface area contributed by atoms with E-state index in [4.69, 9.17) is 5.26 Å². The minimum absolute atomic E-state index is 0.0620. The van der Waals surface area contributed by atoms with E-state index in [1.165, 1.54) is 6.07 Å². The van der Waals surface area contributed by atoms with Crippen molar-refractivity contribution in [2.24, 2.45) is 0 Å². The van der Waals surface area contributed by atoms with Crippen molar-refractivity contribution in [3.63, 3.8) is 0 Å². The predicted octanol–water partition coefficient (Wildman–Crippen LogP) is 2.23. The number of carbonyl (C=O) groups is 1. The van der Waals surface area contributed by atoms with Crippen molar-refractivity contribution in [2.45, 2.75) is 0 Å². The van der Waals surface area contributed by atoms with Gasteiger partial charge in [0.2, 0.25) is 0 Å². The summed E-state index contributed by atoms with van der Waals surface area (Å²) in [6.45, 7) is 0. The number of hydrogen-bond donors (Lipinski definition) is 1. The molecule has 1 N–H and O–H groups in total. The molecule has 3 heteroatoms. The first-order valence-electron chi connectivity index (χ1n) is 4.37. The quantitative estimate of drug-likeness (QED) is 0.713. The van der Waals surface area contributed by atoms with Gasteiger partial charge in [-0.25, -0.2) is 0 Å². The highest BCUT2D eigenvalue weighted by molar-refractivity contribution is 5.94. The number of nitriles is 1. The van der Waals surface area contributed by atoms with Crippen molar-refractivity contribution in [1.82, 2.24) is 0 Å². The summed E-state index contributed by atoms with van der Waals surface area (Å²) in [6.07, 6.45) is 0.713. The fraction of sp³-hybridized carbons (Fsp3) is 0. The van der Waals surface area contributed by atoms with Gasteiger partial charge in [-0.2, -0.15) is 5.26 Å². The molecule has 3 nitrogen and oxygen atoms in total. The molecule has 0 bridgehead atoms. The maximum atomic E-state index is 10.6. The van der Waals surface area contributed by atoms with E-state index in [0.29, 0.717) is 17.2 Å². The lowest BCUT2D eigenvalue weighted by atomic mass is 10.0. The number of aromatic hydroxyl groups is 1. The summed E-state index contributed by atoms with van der Waals surface area (Å²) < 4.78 is 0. The zero-order chi connectivity index (χ0) is 10.8. The second-order valence-electron chi connectivity index (χ2n) is 3.17. The number of fused-ring (bicyclic) bond motifs is 1. The van der Waals surface area contributed by atoms with Crippen LogP contribution in [-0.4, -0.2) is 11.4 Å². The minimum atomic E-state index is -0.0620. The summed E-state index contributed by atoms with van der Waals surface area (Å²) >= 11 is 0. The molecule has 0 radical (unpaired) electrons. The van der Waals surface area contributed by atoms with Gasteiger partial charge in [-0.15, -0.1) is 0 Å². The van der Waals surface area contributed by atoms with Gasteiger partial charge in [-0.1, -0.05) is 18.2 Å². The van der Waals surface area contributed by atoms with Crippen LogP contribution in [0.25, 0.3) is 10.8 Å². The molecule has 0 aliphatic rings. The normalized spacial score (nSPS) is 9.80. The van der Waals surface area contributed by atoms with Crippen molar-refractivity contribution in [3.8, 4) is 11.8 Å². The highest BCUT2D eigenvalue weighted by atomic mass is 16.3. The van der Waals surface area contributed by atoms with Crippen LogP contribution in [0.3, 0.4) is 0 Å². The molecule has 0 unspecified atom stereocenters. The predicted molar refractivity (Wildman–Crippen MR) is 55.7 cm³/mol. The molecule has 15 heavy (non-hydrogen) atoms. The second-order valence-corrected chi connectivity index (χ2v) is 3.17. The van der Waals surface area contributed by atoms with Crippen LogP contribution in [-0.2, 0) is 0 Å². The Morgan fingerprint density at radius 1 is 1.27 bits per heavy atom. The molecule has 2 aromatic rings. The van der Waals surface area contributed by atoms with Crippen LogP contribution >= 0.6 is 0 Å². The average molecular weight is 197 g/mol. The smallest absolute Gasteiger partial charge is 0.150 e. The highest BCUT2D eigenvalue weighted by Crippen LogP contribution is 2.26. The van der Waals surface area contributed by atoms with E-state index in [-0.39, 0.29) is 11.3 Å². The number of hydrogen-bond acceptors (Lipinski definition) is 3. The first-order valence-corrected chi connectivity index (χ1v) is 4.37. The van der Waals surface area contributed by atoms with Crippen molar-refractivity contribution in [2.75, 3.05) is 0 Å². The molecule has 0 heterocycles. The van der Waals surface area contributed by atoms with Gasteiger partial charge in [0, 0.05) is 10.9 Å². The molecule has 0 amide bonds. The van der Waals surface area contributed by atoms with E-state index < -0.39 is 0 Å². The number of phenols is 1. The lowest BCUT2D eigenvalue weighted by Crippen LogP contribution is -1.84. The first kappa shape index (κ1) is 9.22. The van der Waals surface area contributed by atoms with Gasteiger partial charge in [0.05, 0.1) is 0 Å². The third kappa shape index (κ3) is 1.42. The Balaban J connectivity index is 2.89. The van der Waals surface area contributed by atoms with Gasteiger partial charge in [0.15, 0.2) is 0 Å². The Kier molecular flexibility index (Phi) is 2.11. The number of carbonyl (C=O) groups excluding carboxylic acids is 1. The van der Waals surface area contributed by atoms with E-state index in [1.807, 2.05) is 6.07 Å². The second kappa shape index (κ2) is 3.43. The summed E-state index contributed by atoms with van der Waals surface area (Å²) in [5, 5.41) is 19.8. The molecule has 2 rings (SSSR count). The maximum absolute atomic E-state index is 10.6. The van der Waals surface area contributed by atoms with Crippen LogP contribution < -0.4 is 0 Å². The van der Waals surface area contributed by atoms with Crippen LogP contribution in [0.5, 0.6) is 5.75 Å². The first-order chi connectivity index (χ1) is 7.26. The maximum Gasteiger partial charge on any atom is 0.150 e. The molecule has 0 spiro atoms. The lowest BCUT2D eigenvalue weighted by molar-refractivity contribution is 0.112. The Bertz CT molecular complexity index is 582. The molecule has 2 aromatic carbocycles. The number of nitrogens with zero attached hydrogens (tertiary/aromatic N) is 1. The molecular formula is C12H7NO2. The molecule has 0 fully saturated rings. The molecule has 0 aliphatic heterocycles. The molecular weight excluding hydrogens is 190 g/mol. The molecule has 0 aliphatic carbocycles. The summed E-state index contributed by atoms with van der Waals surface area (Å²) in [6, 6.07) is 10.1. The Morgan fingerprint density at radius 3 is 2.67 bits per heavy atom. The Hall–Kier alpha value is -2.34. The summed E-state index contributed by atoms with van der Waals surface area (Å²) in [7, 11) is 0. The van der Waals surface area contributed by atoms with E-state index >= 15 is 0 Å². The van der Waals surface area contributed by atoms with Gasteiger partial charge in [-0.05, 0) is 17.5 Å². The monoisotopic (exact) mass is 197 g/mol. The van der Waals surface area contributed by atoms with Crippen LogP contribution in [0.1, 0.15) is 15.9 Å².